The van der Waals surface area contributed by atoms with Crippen molar-refractivity contribution in [1.29, 1.82) is 0 Å². The Bertz CT molecular complexity index is 345. The van der Waals surface area contributed by atoms with Gasteiger partial charge in [-0.05, 0) is 39.3 Å². The zero-order valence-corrected chi connectivity index (χ0v) is 12.8. The number of rotatable bonds is 4. The van der Waals surface area contributed by atoms with Gasteiger partial charge in [0.1, 0.15) is 0 Å². The van der Waals surface area contributed by atoms with E-state index < -0.39 is 5.41 Å². The van der Waals surface area contributed by atoms with E-state index in [1.54, 1.807) is 0 Å². The Balaban J connectivity index is 2.10. The third-order valence-electron chi connectivity index (χ3n) is 5.31. The van der Waals surface area contributed by atoms with Gasteiger partial charge < -0.3 is 20.0 Å². The smallest absolute Gasteiger partial charge is 0.233 e. The second-order valence-electron chi connectivity index (χ2n) is 6.77. The molecule has 116 valence electrons. The average Bonchev–Trinajstić information content (AvgIpc) is 2.82. The molecule has 1 amide bonds. The van der Waals surface area contributed by atoms with E-state index in [0.717, 1.165) is 39.0 Å². The fourth-order valence-corrected chi connectivity index (χ4v) is 3.77. The third-order valence-corrected chi connectivity index (χ3v) is 5.31. The molecule has 0 aromatic carbocycles. The molecule has 1 spiro atoms. The second kappa shape index (κ2) is 6.00. The quantitative estimate of drug-likeness (QED) is 0.780. The number of carbonyl (C=O) groups is 1. The summed E-state index contributed by atoms with van der Waals surface area (Å²) in [6.07, 6.45) is 3.82. The molecule has 0 bridgehead atoms. The molecule has 20 heavy (non-hydrogen) atoms. The molecule has 0 radical (unpaired) electrons. The largest absolute Gasteiger partial charge is 0.395 e. The van der Waals surface area contributed by atoms with Gasteiger partial charge in [-0.1, -0.05) is 6.92 Å². The maximum atomic E-state index is 12.7. The van der Waals surface area contributed by atoms with Crippen LogP contribution in [0.2, 0.25) is 0 Å². The highest BCUT2D eigenvalue weighted by Gasteiger charge is 2.45. The van der Waals surface area contributed by atoms with Crippen molar-refractivity contribution in [3.8, 4) is 0 Å². The molecule has 2 aliphatic heterocycles. The Morgan fingerprint density at radius 2 is 1.90 bits per heavy atom. The molecule has 2 saturated heterocycles. The second-order valence-corrected chi connectivity index (χ2v) is 6.77. The minimum atomic E-state index is -0.997. The fraction of sp³-hybridized carbons (Fsp3) is 0.933. The number of hydrogen-bond acceptors (Lipinski definition) is 4. The average molecular weight is 284 g/mol. The zero-order valence-electron chi connectivity index (χ0n) is 12.8. The van der Waals surface area contributed by atoms with E-state index >= 15 is 0 Å². The van der Waals surface area contributed by atoms with Crippen LogP contribution in [0.15, 0.2) is 0 Å². The predicted octanol–water partition coefficient (Wildman–Crippen LogP) is 0.312. The summed E-state index contributed by atoms with van der Waals surface area (Å²) in [5, 5.41) is 19.1. The predicted molar refractivity (Wildman–Crippen MR) is 77.3 cm³/mol. The van der Waals surface area contributed by atoms with Gasteiger partial charge in [-0.2, -0.15) is 0 Å². The number of aliphatic hydroxyl groups excluding tert-OH is 2. The summed E-state index contributed by atoms with van der Waals surface area (Å²) in [5.74, 6) is -0.0707. The van der Waals surface area contributed by atoms with Crippen molar-refractivity contribution in [3.63, 3.8) is 0 Å². The van der Waals surface area contributed by atoms with Crippen LogP contribution >= 0.6 is 0 Å². The van der Waals surface area contributed by atoms with Crippen LogP contribution in [0.4, 0.5) is 0 Å². The van der Waals surface area contributed by atoms with Gasteiger partial charge in [0, 0.05) is 25.0 Å². The van der Waals surface area contributed by atoms with E-state index in [0.29, 0.717) is 6.42 Å². The van der Waals surface area contributed by atoms with E-state index in [1.165, 1.54) is 6.42 Å². The van der Waals surface area contributed by atoms with Crippen LogP contribution in [0, 0.1) is 10.8 Å². The van der Waals surface area contributed by atoms with Crippen LogP contribution in [-0.4, -0.2) is 72.4 Å². The van der Waals surface area contributed by atoms with Crippen LogP contribution in [0.1, 0.15) is 32.6 Å². The lowest BCUT2D eigenvalue weighted by Gasteiger charge is -2.43. The molecular formula is C15H28N2O3. The summed E-state index contributed by atoms with van der Waals surface area (Å²) in [6.45, 7) is 4.98. The fourth-order valence-electron chi connectivity index (χ4n) is 3.77. The Kier molecular flexibility index (Phi) is 4.72. The van der Waals surface area contributed by atoms with Crippen LogP contribution < -0.4 is 0 Å². The van der Waals surface area contributed by atoms with E-state index in [2.05, 4.69) is 11.9 Å². The lowest BCUT2D eigenvalue weighted by atomic mass is 9.77. The van der Waals surface area contributed by atoms with Gasteiger partial charge >= 0.3 is 0 Å². The summed E-state index contributed by atoms with van der Waals surface area (Å²) in [4.78, 5) is 16.9. The van der Waals surface area contributed by atoms with Gasteiger partial charge in [-0.15, -0.1) is 0 Å². The Morgan fingerprint density at radius 3 is 2.40 bits per heavy atom. The number of hydrogen-bond donors (Lipinski definition) is 2. The van der Waals surface area contributed by atoms with E-state index in [9.17, 15) is 15.0 Å². The highest BCUT2D eigenvalue weighted by Crippen LogP contribution is 2.39. The minimum Gasteiger partial charge on any atom is -0.395 e. The van der Waals surface area contributed by atoms with Crippen LogP contribution in [-0.2, 0) is 4.79 Å². The first-order valence-corrected chi connectivity index (χ1v) is 7.70. The Labute approximate surface area is 121 Å². The summed E-state index contributed by atoms with van der Waals surface area (Å²) in [5.41, 5.74) is -0.768. The van der Waals surface area contributed by atoms with Gasteiger partial charge in [0.25, 0.3) is 0 Å². The van der Waals surface area contributed by atoms with Crippen molar-refractivity contribution in [2.45, 2.75) is 32.6 Å². The maximum absolute atomic E-state index is 12.7. The highest BCUT2D eigenvalue weighted by molar-refractivity contribution is 5.83. The molecule has 2 heterocycles. The molecule has 0 aliphatic carbocycles. The molecule has 5 heteroatoms. The van der Waals surface area contributed by atoms with Gasteiger partial charge in [0.2, 0.25) is 5.91 Å². The molecule has 0 saturated carbocycles. The summed E-state index contributed by atoms with van der Waals surface area (Å²) in [7, 11) is 2.13. The van der Waals surface area contributed by atoms with Crippen LogP contribution in [0.25, 0.3) is 0 Å². The number of aliphatic hydroxyl groups is 2. The van der Waals surface area contributed by atoms with Crippen molar-refractivity contribution in [2.24, 2.45) is 10.8 Å². The molecular weight excluding hydrogens is 256 g/mol. The molecule has 0 unspecified atom stereocenters. The van der Waals surface area contributed by atoms with Gasteiger partial charge in [0.05, 0.1) is 18.6 Å². The van der Waals surface area contributed by atoms with Gasteiger partial charge in [-0.3, -0.25) is 4.79 Å². The first kappa shape index (κ1) is 15.7. The monoisotopic (exact) mass is 284 g/mol. The number of carbonyl (C=O) groups excluding carboxylic acids is 1. The number of nitrogens with zero attached hydrogens (tertiary/aromatic N) is 2. The minimum absolute atomic E-state index is 0.0707. The molecule has 2 fully saturated rings. The Hall–Kier alpha value is -0.650. The molecule has 2 aliphatic rings. The molecule has 1 atom stereocenters. The van der Waals surface area contributed by atoms with Crippen molar-refractivity contribution in [1.82, 2.24) is 9.80 Å². The summed E-state index contributed by atoms with van der Waals surface area (Å²) < 4.78 is 0. The van der Waals surface area contributed by atoms with E-state index in [-0.39, 0.29) is 24.5 Å². The summed E-state index contributed by atoms with van der Waals surface area (Å²) in [6, 6.07) is 0. The van der Waals surface area contributed by atoms with Crippen molar-refractivity contribution in [2.75, 3.05) is 46.4 Å². The number of piperidine rings is 1. The van der Waals surface area contributed by atoms with Crippen LogP contribution in [0.5, 0.6) is 0 Å². The lowest BCUT2D eigenvalue weighted by molar-refractivity contribution is -0.151. The number of likely N-dealkylation sites (tertiary alicyclic amines) is 2. The third kappa shape index (κ3) is 2.71. The van der Waals surface area contributed by atoms with E-state index in [4.69, 9.17) is 0 Å². The first-order valence-electron chi connectivity index (χ1n) is 7.70. The lowest BCUT2D eigenvalue weighted by Crippen LogP contribution is -2.54. The zero-order chi connectivity index (χ0) is 14.8. The molecule has 0 aromatic rings. The van der Waals surface area contributed by atoms with Crippen LogP contribution in [0.3, 0.4) is 0 Å². The van der Waals surface area contributed by atoms with Gasteiger partial charge in [-0.25, -0.2) is 0 Å². The molecule has 2 rings (SSSR count). The first-order chi connectivity index (χ1) is 9.51. The molecule has 0 aromatic heterocycles. The highest BCUT2D eigenvalue weighted by atomic mass is 16.3. The molecule has 2 N–H and O–H groups in total. The topological polar surface area (TPSA) is 64.0 Å². The van der Waals surface area contributed by atoms with Crippen molar-refractivity contribution in [3.05, 3.63) is 0 Å². The standard InChI is InChI=1S/C15H28N2O3/c1-3-15(11-18,12-19)13(20)17-7-4-5-14(10-17)6-8-16(2)9-14/h18-19H,3-12H2,1-2H3/t14-/m1/s1. The van der Waals surface area contributed by atoms with Crippen molar-refractivity contribution >= 4 is 5.91 Å². The number of amides is 1. The molecule has 5 nitrogen and oxygen atoms in total. The van der Waals surface area contributed by atoms with Crippen molar-refractivity contribution < 1.29 is 15.0 Å². The Morgan fingerprint density at radius 1 is 1.20 bits per heavy atom. The van der Waals surface area contributed by atoms with Gasteiger partial charge in [0.15, 0.2) is 0 Å². The van der Waals surface area contributed by atoms with E-state index in [1.807, 2.05) is 11.8 Å². The normalized spacial score (nSPS) is 28.3. The summed E-state index contributed by atoms with van der Waals surface area (Å²) >= 11 is 0. The maximum Gasteiger partial charge on any atom is 0.233 e. The SMILES string of the molecule is CCC(CO)(CO)C(=O)N1CCC[C@]2(CCN(C)C2)C1.